The van der Waals surface area contributed by atoms with Gasteiger partial charge in [0.15, 0.2) is 0 Å². The van der Waals surface area contributed by atoms with E-state index in [1.54, 1.807) is 25.1 Å². The molecule has 0 atom stereocenters. The van der Waals surface area contributed by atoms with Gasteiger partial charge in [-0.2, -0.15) is 0 Å². The molecule has 0 bridgehead atoms. The van der Waals surface area contributed by atoms with Gasteiger partial charge in [0.2, 0.25) is 0 Å². The van der Waals surface area contributed by atoms with Crippen LogP contribution in [0.3, 0.4) is 0 Å². The van der Waals surface area contributed by atoms with Gasteiger partial charge in [0, 0.05) is 5.02 Å². The smallest absolute Gasteiger partial charge is 0.343 e. The molecule has 106 valence electrons. The summed E-state index contributed by atoms with van der Waals surface area (Å²) in [5, 5.41) is 4.60. The molecule has 1 aromatic carbocycles. The van der Waals surface area contributed by atoms with Crippen molar-refractivity contribution >= 4 is 29.2 Å². The van der Waals surface area contributed by atoms with E-state index in [9.17, 15) is 4.79 Å². The van der Waals surface area contributed by atoms with Crippen molar-refractivity contribution in [3.05, 3.63) is 45.8 Å². The Morgan fingerprint density at radius 3 is 2.90 bits per heavy atom. The Labute approximate surface area is 125 Å². The summed E-state index contributed by atoms with van der Waals surface area (Å²) in [6, 6.07) is 4.85. The third kappa shape index (κ3) is 3.43. The van der Waals surface area contributed by atoms with E-state index in [-0.39, 0.29) is 18.8 Å². The molecule has 2 aromatic rings. The normalized spacial score (nSPS) is 10.3. The van der Waals surface area contributed by atoms with Crippen LogP contribution in [-0.2, 0) is 11.3 Å². The molecular weight excluding hydrogens is 305 g/mol. The minimum atomic E-state index is -0.505. The van der Waals surface area contributed by atoms with Crippen LogP contribution in [0.25, 0.3) is 0 Å². The van der Waals surface area contributed by atoms with Gasteiger partial charge in [-0.1, -0.05) is 28.4 Å². The van der Waals surface area contributed by atoms with E-state index < -0.39 is 5.97 Å². The van der Waals surface area contributed by atoms with Crippen molar-refractivity contribution in [1.82, 2.24) is 5.16 Å². The molecule has 1 heterocycles. The number of hydrogen-bond donors (Lipinski definition) is 0. The fourth-order valence-corrected chi connectivity index (χ4v) is 1.94. The topological polar surface area (TPSA) is 61.6 Å². The molecule has 0 N–H and O–H groups in total. The molecule has 2 rings (SSSR count). The highest BCUT2D eigenvalue weighted by molar-refractivity contribution is 6.35. The average Bonchev–Trinajstić information content (AvgIpc) is 2.86. The third-order valence-corrected chi connectivity index (χ3v) is 2.93. The van der Waals surface area contributed by atoms with Crippen LogP contribution in [-0.4, -0.2) is 17.7 Å². The molecule has 0 radical (unpaired) electrons. The van der Waals surface area contributed by atoms with Gasteiger partial charge in [0.1, 0.15) is 29.9 Å². The predicted octanol–water partition coefficient (Wildman–Crippen LogP) is 3.74. The lowest BCUT2D eigenvalue weighted by molar-refractivity contribution is 0.0523. The molecule has 5 nitrogen and oxygen atoms in total. The minimum absolute atomic E-state index is 0.0337. The molecule has 20 heavy (non-hydrogen) atoms. The van der Waals surface area contributed by atoms with E-state index in [0.29, 0.717) is 21.5 Å². The van der Waals surface area contributed by atoms with Gasteiger partial charge >= 0.3 is 5.97 Å². The standard InChI is InChI=1S/C13H11Cl2NO4/c1-2-18-13(17)9-6-20-16-11(9)7-19-12-4-3-8(14)5-10(12)15/h3-6H,2,7H2,1H3. The Kier molecular flexibility index (Phi) is 4.87. The van der Waals surface area contributed by atoms with Crippen molar-refractivity contribution in [2.75, 3.05) is 6.61 Å². The number of esters is 1. The first kappa shape index (κ1) is 14.7. The molecule has 0 aliphatic carbocycles. The maximum absolute atomic E-state index is 11.6. The van der Waals surface area contributed by atoms with E-state index in [1.165, 1.54) is 6.26 Å². The summed E-state index contributed by atoms with van der Waals surface area (Å²) < 4.78 is 15.1. The maximum atomic E-state index is 11.6. The van der Waals surface area contributed by atoms with Crippen LogP contribution in [0, 0.1) is 0 Å². The summed E-state index contributed by atoms with van der Waals surface area (Å²) in [6.07, 6.45) is 1.22. The van der Waals surface area contributed by atoms with Crippen molar-refractivity contribution in [2.24, 2.45) is 0 Å². The van der Waals surface area contributed by atoms with Gasteiger partial charge in [-0.3, -0.25) is 0 Å². The molecule has 1 aromatic heterocycles. The first-order valence-corrected chi connectivity index (χ1v) is 6.55. The monoisotopic (exact) mass is 315 g/mol. The number of carbonyl (C=O) groups excluding carboxylic acids is 1. The second kappa shape index (κ2) is 6.63. The summed E-state index contributed by atoms with van der Waals surface area (Å²) in [5.41, 5.74) is 0.575. The highest BCUT2D eigenvalue weighted by atomic mass is 35.5. The Morgan fingerprint density at radius 2 is 2.20 bits per heavy atom. The van der Waals surface area contributed by atoms with Crippen LogP contribution in [0.5, 0.6) is 5.75 Å². The molecule has 0 amide bonds. The molecule has 0 spiro atoms. The number of benzene rings is 1. The first-order valence-electron chi connectivity index (χ1n) is 5.80. The van der Waals surface area contributed by atoms with Crippen molar-refractivity contribution < 1.29 is 18.8 Å². The molecule has 0 unspecified atom stereocenters. The van der Waals surface area contributed by atoms with Crippen LogP contribution >= 0.6 is 23.2 Å². The lowest BCUT2D eigenvalue weighted by atomic mass is 10.2. The number of carbonyl (C=O) groups is 1. The number of ether oxygens (including phenoxy) is 2. The maximum Gasteiger partial charge on any atom is 0.343 e. The zero-order valence-corrected chi connectivity index (χ0v) is 12.1. The summed E-state index contributed by atoms with van der Waals surface area (Å²) in [7, 11) is 0. The molecule has 7 heteroatoms. The summed E-state index contributed by atoms with van der Waals surface area (Å²) in [6.45, 7) is 2.02. The first-order chi connectivity index (χ1) is 9.61. The zero-order chi connectivity index (χ0) is 14.5. The van der Waals surface area contributed by atoms with Gasteiger partial charge in [-0.25, -0.2) is 4.79 Å². The summed E-state index contributed by atoms with van der Waals surface area (Å²) in [5.74, 6) is -0.0663. The number of hydrogen-bond acceptors (Lipinski definition) is 5. The highest BCUT2D eigenvalue weighted by Gasteiger charge is 2.17. The second-order valence-electron chi connectivity index (χ2n) is 3.76. The molecular formula is C13H11Cl2NO4. The van der Waals surface area contributed by atoms with Crippen molar-refractivity contribution in [1.29, 1.82) is 0 Å². The van der Waals surface area contributed by atoms with Crippen molar-refractivity contribution in [3.8, 4) is 5.75 Å². The van der Waals surface area contributed by atoms with Gasteiger partial charge in [0.25, 0.3) is 0 Å². The molecule has 0 saturated carbocycles. The van der Waals surface area contributed by atoms with E-state index in [2.05, 4.69) is 5.16 Å². The molecule has 0 saturated heterocycles. The van der Waals surface area contributed by atoms with Crippen molar-refractivity contribution in [2.45, 2.75) is 13.5 Å². The van der Waals surface area contributed by atoms with Gasteiger partial charge in [-0.15, -0.1) is 0 Å². The predicted molar refractivity (Wildman–Crippen MR) is 73.3 cm³/mol. The second-order valence-corrected chi connectivity index (χ2v) is 4.60. The van der Waals surface area contributed by atoms with Crippen LogP contribution in [0.2, 0.25) is 10.0 Å². The average molecular weight is 316 g/mol. The van der Waals surface area contributed by atoms with E-state index >= 15 is 0 Å². The Morgan fingerprint density at radius 1 is 1.40 bits per heavy atom. The van der Waals surface area contributed by atoms with Crippen LogP contribution in [0.15, 0.2) is 29.0 Å². The minimum Gasteiger partial charge on any atom is -0.486 e. The van der Waals surface area contributed by atoms with Gasteiger partial charge in [0.05, 0.1) is 11.6 Å². The Hall–Kier alpha value is -1.72. The summed E-state index contributed by atoms with van der Waals surface area (Å²) >= 11 is 11.8. The van der Waals surface area contributed by atoms with E-state index in [4.69, 9.17) is 37.2 Å². The lowest BCUT2D eigenvalue weighted by Gasteiger charge is -2.07. The molecule has 0 aliphatic rings. The Balaban J connectivity index is 2.08. The quantitative estimate of drug-likeness (QED) is 0.786. The summed E-state index contributed by atoms with van der Waals surface area (Å²) in [4.78, 5) is 11.6. The zero-order valence-electron chi connectivity index (χ0n) is 10.6. The SMILES string of the molecule is CCOC(=O)c1conc1COc1ccc(Cl)cc1Cl. The number of aromatic nitrogens is 1. The number of halogens is 2. The van der Waals surface area contributed by atoms with Crippen molar-refractivity contribution in [3.63, 3.8) is 0 Å². The van der Waals surface area contributed by atoms with E-state index in [0.717, 1.165) is 0 Å². The van der Waals surface area contributed by atoms with Crippen LogP contribution in [0.4, 0.5) is 0 Å². The number of nitrogens with zero attached hydrogens (tertiary/aromatic N) is 1. The van der Waals surface area contributed by atoms with Gasteiger partial charge < -0.3 is 14.0 Å². The number of rotatable bonds is 5. The van der Waals surface area contributed by atoms with Crippen LogP contribution < -0.4 is 4.74 Å². The fraction of sp³-hybridized carbons (Fsp3) is 0.231. The molecule has 0 fully saturated rings. The van der Waals surface area contributed by atoms with Gasteiger partial charge in [-0.05, 0) is 25.1 Å². The van der Waals surface area contributed by atoms with E-state index in [1.807, 2.05) is 0 Å². The largest absolute Gasteiger partial charge is 0.486 e. The molecule has 0 aliphatic heterocycles. The Bertz CT molecular complexity index is 612. The third-order valence-electron chi connectivity index (χ3n) is 2.40. The highest BCUT2D eigenvalue weighted by Crippen LogP contribution is 2.28. The fourth-order valence-electron chi connectivity index (χ4n) is 1.48. The lowest BCUT2D eigenvalue weighted by Crippen LogP contribution is -2.08. The van der Waals surface area contributed by atoms with Crippen LogP contribution in [0.1, 0.15) is 23.0 Å².